The lowest BCUT2D eigenvalue weighted by Crippen LogP contribution is -2.37. The summed E-state index contributed by atoms with van der Waals surface area (Å²) in [5, 5.41) is 0. The van der Waals surface area contributed by atoms with Crippen molar-refractivity contribution in [1.29, 1.82) is 0 Å². The number of ether oxygens (including phenoxy) is 2. The highest BCUT2D eigenvalue weighted by molar-refractivity contribution is 7.45. The van der Waals surface area contributed by atoms with Crippen LogP contribution in [0, 0.1) is 0 Å². The second-order valence-electron chi connectivity index (χ2n) is 12.9. The van der Waals surface area contributed by atoms with Gasteiger partial charge in [0.15, 0.2) is 0 Å². The first-order chi connectivity index (χ1) is 21.1. The van der Waals surface area contributed by atoms with Crippen molar-refractivity contribution < 1.29 is 37.3 Å². The molecule has 0 aromatic carbocycles. The average Bonchev–Trinajstić information content (AvgIpc) is 2.96. The summed E-state index contributed by atoms with van der Waals surface area (Å²) in [7, 11) is 1.34. The SMILES string of the molecule is CCC/C=C\CCCCCCCC(=O)OC(COCCCCCCCC/C=C\CCCC)COP(=O)([O-])OCC[N+](C)(C)C. The summed E-state index contributed by atoms with van der Waals surface area (Å²) in [6.07, 6.45) is 29.0. The molecule has 44 heavy (non-hydrogen) atoms. The van der Waals surface area contributed by atoms with Gasteiger partial charge in [-0.2, -0.15) is 0 Å². The number of hydrogen-bond acceptors (Lipinski definition) is 7. The van der Waals surface area contributed by atoms with E-state index < -0.39 is 13.9 Å². The smallest absolute Gasteiger partial charge is 0.306 e. The number of carbonyl (C=O) groups is 1. The van der Waals surface area contributed by atoms with Crippen LogP contribution in [-0.2, 0) is 27.9 Å². The summed E-state index contributed by atoms with van der Waals surface area (Å²) in [4.78, 5) is 24.8. The second kappa shape index (κ2) is 29.4. The number of esters is 1. The molecule has 260 valence electrons. The topological polar surface area (TPSA) is 94.1 Å². The number of phosphoric ester groups is 1. The van der Waals surface area contributed by atoms with Gasteiger partial charge in [-0.05, 0) is 51.4 Å². The highest BCUT2D eigenvalue weighted by atomic mass is 31.2. The van der Waals surface area contributed by atoms with Crippen LogP contribution in [0.25, 0.3) is 0 Å². The van der Waals surface area contributed by atoms with Crippen molar-refractivity contribution in [2.75, 3.05) is 54.1 Å². The molecule has 0 heterocycles. The standard InChI is InChI=1S/C35H68NO7P/c1-6-8-10-12-14-16-18-19-21-23-25-27-30-40-32-34(33-42-44(38,39)41-31-29-36(3,4)5)43-35(37)28-26-24-22-20-17-15-13-11-9-7-2/h11-14,34H,6-10,15-33H2,1-5H3/b13-11-,14-12-. The van der Waals surface area contributed by atoms with E-state index >= 15 is 0 Å². The Morgan fingerprint density at radius 3 is 1.82 bits per heavy atom. The lowest BCUT2D eigenvalue weighted by Gasteiger charge is -2.28. The zero-order valence-corrected chi connectivity index (χ0v) is 30.0. The zero-order chi connectivity index (χ0) is 32.8. The number of likely N-dealkylation sites (N-methyl/N-ethyl adjacent to an activating group) is 1. The van der Waals surface area contributed by atoms with Crippen molar-refractivity contribution in [1.82, 2.24) is 0 Å². The summed E-state index contributed by atoms with van der Waals surface area (Å²) in [6, 6.07) is 0. The van der Waals surface area contributed by atoms with Crippen LogP contribution < -0.4 is 4.89 Å². The molecule has 0 aliphatic rings. The molecule has 2 unspecified atom stereocenters. The van der Waals surface area contributed by atoms with E-state index in [-0.39, 0.29) is 25.8 Å². The maximum Gasteiger partial charge on any atom is 0.306 e. The fourth-order valence-corrected chi connectivity index (χ4v) is 5.14. The molecule has 2 atom stereocenters. The van der Waals surface area contributed by atoms with E-state index in [0.29, 0.717) is 24.1 Å². The van der Waals surface area contributed by atoms with Gasteiger partial charge in [0.05, 0.1) is 34.4 Å². The van der Waals surface area contributed by atoms with Crippen LogP contribution in [0.15, 0.2) is 24.3 Å². The minimum Gasteiger partial charge on any atom is -0.756 e. The summed E-state index contributed by atoms with van der Waals surface area (Å²) in [6.45, 7) is 5.27. The Hall–Kier alpha value is -1.02. The van der Waals surface area contributed by atoms with E-state index in [4.69, 9.17) is 18.5 Å². The Kier molecular flexibility index (Phi) is 28.7. The number of nitrogens with zero attached hydrogens (tertiary/aromatic N) is 1. The molecule has 0 fully saturated rings. The Morgan fingerprint density at radius 1 is 0.682 bits per heavy atom. The van der Waals surface area contributed by atoms with E-state index in [1.165, 1.54) is 64.2 Å². The van der Waals surface area contributed by atoms with Gasteiger partial charge in [0.25, 0.3) is 7.82 Å². The molecule has 0 aromatic heterocycles. The van der Waals surface area contributed by atoms with E-state index in [1.807, 2.05) is 21.1 Å². The minimum absolute atomic E-state index is 0.0237. The summed E-state index contributed by atoms with van der Waals surface area (Å²) >= 11 is 0. The first-order valence-corrected chi connectivity index (χ1v) is 19.0. The third-order valence-corrected chi connectivity index (χ3v) is 8.17. The van der Waals surface area contributed by atoms with Crippen LogP contribution in [-0.4, -0.2) is 70.7 Å². The number of carbonyl (C=O) groups excluding carboxylic acids is 1. The van der Waals surface area contributed by atoms with Crippen LogP contribution >= 0.6 is 7.82 Å². The van der Waals surface area contributed by atoms with Crippen molar-refractivity contribution in [3.63, 3.8) is 0 Å². The van der Waals surface area contributed by atoms with E-state index in [9.17, 15) is 14.3 Å². The molecule has 8 nitrogen and oxygen atoms in total. The van der Waals surface area contributed by atoms with Crippen molar-refractivity contribution >= 4 is 13.8 Å². The Bertz CT molecular complexity index is 767. The third-order valence-electron chi connectivity index (χ3n) is 7.21. The fraction of sp³-hybridized carbons (Fsp3) is 0.857. The van der Waals surface area contributed by atoms with Crippen LogP contribution in [0.2, 0.25) is 0 Å². The zero-order valence-electron chi connectivity index (χ0n) is 29.1. The number of hydrogen-bond donors (Lipinski definition) is 0. The molecule has 0 N–H and O–H groups in total. The van der Waals surface area contributed by atoms with Crippen LogP contribution in [0.3, 0.4) is 0 Å². The largest absolute Gasteiger partial charge is 0.756 e. The molecule has 0 aromatic rings. The molecule has 0 rings (SSSR count). The van der Waals surface area contributed by atoms with Crippen molar-refractivity contribution in [3.8, 4) is 0 Å². The molecular weight excluding hydrogens is 577 g/mol. The molecule has 0 saturated heterocycles. The van der Waals surface area contributed by atoms with Gasteiger partial charge in [-0.25, -0.2) is 0 Å². The summed E-state index contributed by atoms with van der Waals surface area (Å²) in [5.41, 5.74) is 0. The number of allylic oxidation sites excluding steroid dienone is 4. The van der Waals surface area contributed by atoms with Crippen LogP contribution in [0.5, 0.6) is 0 Å². The lowest BCUT2D eigenvalue weighted by atomic mass is 10.1. The quantitative estimate of drug-likeness (QED) is 0.0238. The Balaban J connectivity index is 4.36. The Labute approximate surface area is 271 Å². The molecule has 0 radical (unpaired) electrons. The first kappa shape index (κ1) is 43.0. The number of quaternary nitrogens is 1. The van der Waals surface area contributed by atoms with Gasteiger partial charge in [-0.1, -0.05) is 102 Å². The van der Waals surface area contributed by atoms with Crippen molar-refractivity contribution in [2.24, 2.45) is 0 Å². The third kappa shape index (κ3) is 32.4. The van der Waals surface area contributed by atoms with Gasteiger partial charge in [0.1, 0.15) is 19.3 Å². The highest BCUT2D eigenvalue weighted by Crippen LogP contribution is 2.38. The van der Waals surface area contributed by atoms with Gasteiger partial charge < -0.3 is 27.9 Å². The number of phosphoric acid groups is 1. The summed E-state index contributed by atoms with van der Waals surface area (Å²) < 4.78 is 34.3. The molecule has 0 amide bonds. The molecule has 0 aliphatic carbocycles. The first-order valence-electron chi connectivity index (χ1n) is 17.6. The number of unbranched alkanes of at least 4 members (excludes halogenated alkanes) is 14. The molecule has 9 heteroatoms. The molecule has 0 saturated carbocycles. The van der Waals surface area contributed by atoms with E-state index in [1.54, 1.807) is 0 Å². The minimum atomic E-state index is -4.51. The van der Waals surface area contributed by atoms with Gasteiger partial charge >= 0.3 is 5.97 Å². The number of rotatable bonds is 32. The molecule has 0 spiro atoms. The van der Waals surface area contributed by atoms with E-state index in [0.717, 1.165) is 51.4 Å². The maximum atomic E-state index is 12.5. The van der Waals surface area contributed by atoms with E-state index in [2.05, 4.69) is 38.2 Å². The highest BCUT2D eigenvalue weighted by Gasteiger charge is 2.20. The van der Waals surface area contributed by atoms with Crippen LogP contribution in [0.1, 0.15) is 136 Å². The fourth-order valence-electron chi connectivity index (χ4n) is 4.41. The Morgan fingerprint density at radius 2 is 1.23 bits per heavy atom. The van der Waals surface area contributed by atoms with Crippen LogP contribution in [0.4, 0.5) is 0 Å². The average molecular weight is 646 g/mol. The second-order valence-corrected chi connectivity index (χ2v) is 14.3. The van der Waals surface area contributed by atoms with Gasteiger partial charge in [-0.15, -0.1) is 0 Å². The monoisotopic (exact) mass is 645 g/mol. The molecule has 0 aliphatic heterocycles. The van der Waals surface area contributed by atoms with Gasteiger partial charge in [0, 0.05) is 13.0 Å². The van der Waals surface area contributed by atoms with Gasteiger partial charge in [-0.3, -0.25) is 9.36 Å². The predicted octanol–water partition coefficient (Wildman–Crippen LogP) is 8.69. The maximum absolute atomic E-state index is 12.5. The predicted molar refractivity (Wildman–Crippen MR) is 180 cm³/mol. The molecular formula is C35H68NO7P. The lowest BCUT2D eigenvalue weighted by molar-refractivity contribution is -0.870. The van der Waals surface area contributed by atoms with Crippen molar-refractivity contribution in [3.05, 3.63) is 24.3 Å². The summed E-state index contributed by atoms with van der Waals surface area (Å²) in [5.74, 6) is -0.350. The van der Waals surface area contributed by atoms with Crippen molar-refractivity contribution in [2.45, 2.75) is 142 Å². The molecule has 0 bridgehead atoms. The van der Waals surface area contributed by atoms with Gasteiger partial charge in [0.2, 0.25) is 0 Å². The normalized spacial score (nSPS) is 14.4.